The Labute approximate surface area is 141 Å². The molecule has 2 fully saturated rings. The van der Waals surface area contributed by atoms with E-state index in [0.717, 1.165) is 12.6 Å². The second-order valence-electron chi connectivity index (χ2n) is 6.43. The lowest BCUT2D eigenvalue weighted by atomic mass is 9.95. The molecule has 0 bridgehead atoms. The van der Waals surface area contributed by atoms with E-state index < -0.39 is 0 Å². The zero-order valence-corrected chi connectivity index (χ0v) is 14.8. The maximum atomic E-state index is 12.3. The topological polar surface area (TPSA) is 59.4 Å². The predicted molar refractivity (Wildman–Crippen MR) is 92.1 cm³/mol. The molecular formula is C16H26N4O2S. The summed E-state index contributed by atoms with van der Waals surface area (Å²) in [5.41, 5.74) is 0.510. The predicted octanol–water partition coefficient (Wildman–Crippen LogP) is 1.38. The summed E-state index contributed by atoms with van der Waals surface area (Å²) in [4.78, 5) is 14.9. The molecule has 2 saturated heterocycles. The molecule has 23 heavy (non-hydrogen) atoms. The Morgan fingerprint density at radius 1 is 1.43 bits per heavy atom. The highest BCUT2D eigenvalue weighted by molar-refractivity contribution is 7.99. The number of nitrogens with zero attached hydrogens (tertiary/aromatic N) is 3. The summed E-state index contributed by atoms with van der Waals surface area (Å²) < 4.78 is 6.75. The van der Waals surface area contributed by atoms with Gasteiger partial charge in [-0.3, -0.25) is 14.4 Å². The van der Waals surface area contributed by atoms with Crippen LogP contribution in [0.2, 0.25) is 0 Å². The van der Waals surface area contributed by atoms with E-state index in [1.807, 2.05) is 0 Å². The molecule has 1 atom stereocenters. The Morgan fingerprint density at radius 3 is 2.87 bits per heavy atom. The maximum absolute atomic E-state index is 12.3. The summed E-state index contributed by atoms with van der Waals surface area (Å²) in [7, 11) is 3.33. The highest BCUT2D eigenvalue weighted by Crippen LogP contribution is 2.26. The molecule has 0 radical (unpaired) electrons. The van der Waals surface area contributed by atoms with Crippen LogP contribution in [0.3, 0.4) is 0 Å². The van der Waals surface area contributed by atoms with Crippen molar-refractivity contribution in [1.82, 2.24) is 20.0 Å². The van der Waals surface area contributed by atoms with Crippen LogP contribution >= 0.6 is 11.8 Å². The normalized spacial score (nSPS) is 23.1. The summed E-state index contributed by atoms with van der Waals surface area (Å²) in [6.45, 7) is 3.08. The molecule has 3 heterocycles. The van der Waals surface area contributed by atoms with Gasteiger partial charge >= 0.3 is 0 Å². The van der Waals surface area contributed by atoms with Crippen molar-refractivity contribution < 1.29 is 9.53 Å². The van der Waals surface area contributed by atoms with Gasteiger partial charge in [-0.05, 0) is 44.0 Å². The van der Waals surface area contributed by atoms with Crippen LogP contribution in [0.5, 0.6) is 5.88 Å². The zero-order valence-electron chi connectivity index (χ0n) is 14.0. The van der Waals surface area contributed by atoms with E-state index >= 15 is 0 Å². The minimum absolute atomic E-state index is 0.0930. The SMILES string of the molecule is COc1nn(C)cc1C(=O)NCC1CCN([C@@H]2CCSC2)CC1. The molecule has 1 amide bonds. The second-order valence-corrected chi connectivity index (χ2v) is 7.58. The highest BCUT2D eigenvalue weighted by atomic mass is 32.2. The number of rotatable bonds is 5. The molecule has 128 valence electrons. The van der Waals surface area contributed by atoms with E-state index in [-0.39, 0.29) is 5.91 Å². The Kier molecular flexibility index (Phi) is 5.48. The zero-order chi connectivity index (χ0) is 16.2. The Balaban J connectivity index is 1.45. The van der Waals surface area contributed by atoms with Gasteiger partial charge in [0.15, 0.2) is 0 Å². The van der Waals surface area contributed by atoms with E-state index in [1.165, 1.54) is 51.0 Å². The van der Waals surface area contributed by atoms with Crippen molar-refractivity contribution in [2.75, 3.05) is 38.2 Å². The molecule has 1 N–H and O–H groups in total. The molecule has 0 aromatic carbocycles. The average molecular weight is 338 g/mol. The fourth-order valence-corrected chi connectivity index (χ4v) is 4.69. The van der Waals surface area contributed by atoms with Crippen molar-refractivity contribution in [2.45, 2.75) is 25.3 Å². The molecule has 7 heteroatoms. The van der Waals surface area contributed by atoms with Gasteiger partial charge < -0.3 is 10.1 Å². The van der Waals surface area contributed by atoms with Gasteiger partial charge in [0.1, 0.15) is 5.56 Å². The molecule has 2 aliphatic heterocycles. The number of likely N-dealkylation sites (tertiary alicyclic amines) is 1. The first-order valence-corrected chi connectivity index (χ1v) is 9.50. The van der Waals surface area contributed by atoms with E-state index in [2.05, 4.69) is 27.1 Å². The van der Waals surface area contributed by atoms with Gasteiger partial charge in [-0.1, -0.05) is 0 Å². The van der Waals surface area contributed by atoms with Crippen molar-refractivity contribution in [2.24, 2.45) is 13.0 Å². The van der Waals surface area contributed by atoms with Crippen LogP contribution < -0.4 is 10.1 Å². The Bertz CT molecular complexity index is 534. The number of hydrogen-bond acceptors (Lipinski definition) is 5. The van der Waals surface area contributed by atoms with E-state index in [1.54, 1.807) is 17.9 Å². The smallest absolute Gasteiger partial charge is 0.258 e. The van der Waals surface area contributed by atoms with Gasteiger partial charge in [-0.2, -0.15) is 11.8 Å². The number of nitrogens with one attached hydrogen (secondary N) is 1. The summed E-state index contributed by atoms with van der Waals surface area (Å²) >= 11 is 2.08. The number of piperidine rings is 1. The number of carbonyl (C=O) groups excluding carboxylic acids is 1. The Morgan fingerprint density at radius 2 is 2.22 bits per heavy atom. The molecule has 2 aliphatic rings. The third-order valence-electron chi connectivity index (χ3n) is 4.86. The molecule has 3 rings (SSSR count). The van der Waals surface area contributed by atoms with Gasteiger partial charge in [0.25, 0.3) is 5.91 Å². The van der Waals surface area contributed by atoms with Gasteiger partial charge in [-0.15, -0.1) is 5.10 Å². The third-order valence-corrected chi connectivity index (χ3v) is 6.00. The monoisotopic (exact) mass is 338 g/mol. The standard InChI is InChI=1S/C16H26N4O2S/c1-19-10-14(16(18-19)22-2)15(21)17-9-12-3-6-20(7-4-12)13-5-8-23-11-13/h10,12-13H,3-9,11H2,1-2H3,(H,17,21)/t13-/m1/s1. The second kappa shape index (κ2) is 7.57. The van der Waals surface area contributed by atoms with Crippen LogP contribution in [0, 0.1) is 5.92 Å². The lowest BCUT2D eigenvalue weighted by Gasteiger charge is -2.35. The van der Waals surface area contributed by atoms with Crippen molar-refractivity contribution in [3.8, 4) is 5.88 Å². The molecule has 0 unspecified atom stereocenters. The molecular weight excluding hydrogens is 312 g/mol. The van der Waals surface area contributed by atoms with E-state index in [4.69, 9.17) is 4.74 Å². The number of methoxy groups -OCH3 is 1. The third kappa shape index (κ3) is 4.01. The molecule has 0 saturated carbocycles. The lowest BCUT2D eigenvalue weighted by Crippen LogP contribution is -2.43. The Hall–Kier alpha value is -1.21. The van der Waals surface area contributed by atoms with Gasteiger partial charge in [0.2, 0.25) is 5.88 Å². The van der Waals surface area contributed by atoms with Gasteiger partial charge in [0, 0.05) is 31.6 Å². The molecule has 1 aromatic rings. The summed E-state index contributed by atoms with van der Waals surface area (Å²) in [6.07, 6.45) is 5.39. The molecule has 1 aromatic heterocycles. The van der Waals surface area contributed by atoms with Crippen LogP contribution in [0.1, 0.15) is 29.6 Å². The van der Waals surface area contributed by atoms with Crippen molar-refractivity contribution >= 4 is 17.7 Å². The first-order chi connectivity index (χ1) is 11.2. The van der Waals surface area contributed by atoms with Crippen molar-refractivity contribution in [3.05, 3.63) is 11.8 Å². The van der Waals surface area contributed by atoms with E-state index in [0.29, 0.717) is 17.4 Å². The van der Waals surface area contributed by atoms with E-state index in [9.17, 15) is 4.79 Å². The van der Waals surface area contributed by atoms with Crippen LogP contribution in [-0.4, -0.2) is 64.9 Å². The van der Waals surface area contributed by atoms with Crippen LogP contribution in [-0.2, 0) is 7.05 Å². The minimum Gasteiger partial charge on any atom is -0.479 e. The number of amides is 1. The van der Waals surface area contributed by atoms with Gasteiger partial charge in [0.05, 0.1) is 7.11 Å². The van der Waals surface area contributed by atoms with Gasteiger partial charge in [-0.25, -0.2) is 0 Å². The first-order valence-electron chi connectivity index (χ1n) is 8.35. The van der Waals surface area contributed by atoms with Crippen LogP contribution in [0.25, 0.3) is 0 Å². The lowest BCUT2D eigenvalue weighted by molar-refractivity contribution is 0.0925. The fraction of sp³-hybridized carbons (Fsp3) is 0.750. The number of hydrogen-bond donors (Lipinski definition) is 1. The van der Waals surface area contributed by atoms with Crippen molar-refractivity contribution in [1.29, 1.82) is 0 Å². The maximum Gasteiger partial charge on any atom is 0.258 e. The molecule has 0 aliphatic carbocycles. The summed E-state index contributed by atoms with van der Waals surface area (Å²) in [5.74, 6) is 3.48. The summed E-state index contributed by atoms with van der Waals surface area (Å²) in [5, 5.41) is 7.17. The number of carbonyl (C=O) groups is 1. The van der Waals surface area contributed by atoms with Crippen molar-refractivity contribution in [3.63, 3.8) is 0 Å². The number of aryl methyl sites for hydroxylation is 1. The highest BCUT2D eigenvalue weighted by Gasteiger charge is 2.27. The van der Waals surface area contributed by atoms with Crippen LogP contribution in [0.4, 0.5) is 0 Å². The quantitative estimate of drug-likeness (QED) is 0.879. The summed E-state index contributed by atoms with van der Waals surface area (Å²) in [6, 6.07) is 0.787. The fourth-order valence-electron chi connectivity index (χ4n) is 3.44. The largest absolute Gasteiger partial charge is 0.479 e. The molecule has 6 nitrogen and oxygen atoms in total. The van der Waals surface area contributed by atoms with Crippen LogP contribution in [0.15, 0.2) is 6.20 Å². The number of ether oxygens (including phenoxy) is 1. The molecule has 0 spiro atoms. The first kappa shape index (κ1) is 16.6. The minimum atomic E-state index is -0.0930. The number of thioether (sulfide) groups is 1. The average Bonchev–Trinajstić information content (AvgIpc) is 3.22. The number of aromatic nitrogens is 2.